The standard InChI is InChI=1S/C40H25N3O/c1-3-11-26(12-4-1)34-25-39(42-40(41-34)27-13-5-2-6-14-27)43-35-17-9-7-15-30(35)32-23-28(19-21-36(32)43)29-20-22-38-33(24-29)31-16-8-10-18-37(31)44-38/h1-25H. The lowest BCUT2D eigenvalue weighted by atomic mass is 10.0. The van der Waals surface area contributed by atoms with Crippen LogP contribution in [0.5, 0.6) is 0 Å². The second kappa shape index (κ2) is 9.79. The van der Waals surface area contributed by atoms with Crippen LogP contribution >= 0.6 is 0 Å². The molecule has 0 bridgehead atoms. The molecular weight excluding hydrogens is 538 g/mol. The number of rotatable bonds is 4. The molecule has 9 rings (SSSR count). The fourth-order valence-corrected chi connectivity index (χ4v) is 6.33. The zero-order valence-corrected chi connectivity index (χ0v) is 23.7. The molecule has 206 valence electrons. The average molecular weight is 564 g/mol. The van der Waals surface area contributed by atoms with Gasteiger partial charge in [0.2, 0.25) is 0 Å². The van der Waals surface area contributed by atoms with E-state index in [0.29, 0.717) is 5.82 Å². The molecule has 0 N–H and O–H groups in total. The molecule has 0 saturated heterocycles. The van der Waals surface area contributed by atoms with Crippen molar-refractivity contribution in [3.05, 3.63) is 152 Å². The second-order valence-corrected chi connectivity index (χ2v) is 11.1. The van der Waals surface area contributed by atoms with Crippen LogP contribution in [0.15, 0.2) is 156 Å². The molecule has 0 aliphatic heterocycles. The summed E-state index contributed by atoms with van der Waals surface area (Å²) in [5.41, 5.74) is 9.25. The van der Waals surface area contributed by atoms with Crippen molar-refractivity contribution >= 4 is 43.7 Å². The minimum atomic E-state index is 0.699. The zero-order chi connectivity index (χ0) is 29.0. The van der Waals surface area contributed by atoms with Crippen molar-refractivity contribution in [3.8, 4) is 39.6 Å². The van der Waals surface area contributed by atoms with Gasteiger partial charge in [-0.3, -0.25) is 4.57 Å². The Balaban J connectivity index is 1.27. The van der Waals surface area contributed by atoms with Crippen LogP contribution < -0.4 is 0 Å². The third kappa shape index (κ3) is 3.92. The Morgan fingerprint density at radius 1 is 0.409 bits per heavy atom. The van der Waals surface area contributed by atoms with E-state index in [1.165, 1.54) is 10.8 Å². The molecule has 0 spiro atoms. The van der Waals surface area contributed by atoms with E-state index in [2.05, 4.69) is 108 Å². The van der Waals surface area contributed by atoms with E-state index in [0.717, 1.165) is 66.7 Å². The van der Waals surface area contributed by atoms with E-state index >= 15 is 0 Å². The third-order valence-corrected chi connectivity index (χ3v) is 8.43. The van der Waals surface area contributed by atoms with E-state index in [9.17, 15) is 0 Å². The molecule has 0 fully saturated rings. The van der Waals surface area contributed by atoms with Gasteiger partial charge >= 0.3 is 0 Å². The molecule has 0 saturated carbocycles. The third-order valence-electron chi connectivity index (χ3n) is 8.43. The maximum Gasteiger partial charge on any atom is 0.162 e. The number of aromatic nitrogens is 3. The number of fused-ring (bicyclic) bond motifs is 6. The highest BCUT2D eigenvalue weighted by molar-refractivity contribution is 6.11. The van der Waals surface area contributed by atoms with E-state index < -0.39 is 0 Å². The zero-order valence-electron chi connectivity index (χ0n) is 23.7. The smallest absolute Gasteiger partial charge is 0.162 e. The molecule has 4 heteroatoms. The molecule has 0 unspecified atom stereocenters. The van der Waals surface area contributed by atoms with Gasteiger partial charge in [0.15, 0.2) is 5.82 Å². The van der Waals surface area contributed by atoms with Gasteiger partial charge in [-0.05, 0) is 47.5 Å². The average Bonchev–Trinajstić information content (AvgIpc) is 3.64. The number of furan rings is 1. The van der Waals surface area contributed by atoms with Crippen molar-refractivity contribution < 1.29 is 4.42 Å². The summed E-state index contributed by atoms with van der Waals surface area (Å²) in [5.74, 6) is 1.54. The van der Waals surface area contributed by atoms with Crippen molar-refractivity contribution in [3.63, 3.8) is 0 Å². The lowest BCUT2D eigenvalue weighted by Crippen LogP contribution is -2.02. The van der Waals surface area contributed by atoms with Gasteiger partial charge in [0.1, 0.15) is 17.0 Å². The first-order valence-corrected chi connectivity index (χ1v) is 14.8. The molecule has 0 aliphatic rings. The van der Waals surface area contributed by atoms with Crippen molar-refractivity contribution in [2.75, 3.05) is 0 Å². The second-order valence-electron chi connectivity index (χ2n) is 11.1. The largest absolute Gasteiger partial charge is 0.456 e. The summed E-state index contributed by atoms with van der Waals surface area (Å²) >= 11 is 0. The van der Waals surface area contributed by atoms with E-state index in [1.54, 1.807) is 0 Å². The maximum absolute atomic E-state index is 6.09. The van der Waals surface area contributed by atoms with Crippen LogP contribution in [0.4, 0.5) is 0 Å². The fourth-order valence-electron chi connectivity index (χ4n) is 6.33. The van der Waals surface area contributed by atoms with Crippen LogP contribution in [0, 0.1) is 0 Å². The van der Waals surface area contributed by atoms with Gasteiger partial charge in [-0.15, -0.1) is 0 Å². The Kier molecular flexibility index (Phi) is 5.47. The number of benzene rings is 6. The highest BCUT2D eigenvalue weighted by atomic mass is 16.3. The summed E-state index contributed by atoms with van der Waals surface area (Å²) in [6.45, 7) is 0. The van der Waals surface area contributed by atoms with Crippen LogP contribution in [-0.2, 0) is 0 Å². The van der Waals surface area contributed by atoms with Crippen LogP contribution in [0.25, 0.3) is 83.3 Å². The lowest BCUT2D eigenvalue weighted by Gasteiger charge is -2.12. The molecular formula is C40H25N3O. The number of para-hydroxylation sites is 2. The predicted molar refractivity (Wildman–Crippen MR) is 180 cm³/mol. The summed E-state index contributed by atoms with van der Waals surface area (Å²) in [6.07, 6.45) is 0. The highest BCUT2D eigenvalue weighted by Gasteiger charge is 2.17. The topological polar surface area (TPSA) is 43.9 Å². The van der Waals surface area contributed by atoms with Crippen LogP contribution in [0.1, 0.15) is 0 Å². The molecule has 9 aromatic rings. The van der Waals surface area contributed by atoms with Gasteiger partial charge in [0.05, 0.1) is 16.7 Å². The Bertz CT molecular complexity index is 2430. The van der Waals surface area contributed by atoms with Crippen LogP contribution in [0.3, 0.4) is 0 Å². The van der Waals surface area contributed by atoms with Crippen molar-refractivity contribution in [2.24, 2.45) is 0 Å². The van der Waals surface area contributed by atoms with E-state index in [4.69, 9.17) is 14.4 Å². The summed E-state index contributed by atoms with van der Waals surface area (Å²) < 4.78 is 8.36. The SMILES string of the molecule is c1ccc(-c2cc(-n3c4ccccc4c4cc(-c5ccc6oc7ccccc7c6c5)ccc43)nc(-c3ccccc3)n2)cc1. The molecule has 6 aromatic carbocycles. The molecule has 3 aromatic heterocycles. The number of hydrogen-bond donors (Lipinski definition) is 0. The van der Waals surface area contributed by atoms with E-state index in [-0.39, 0.29) is 0 Å². The highest BCUT2D eigenvalue weighted by Crippen LogP contribution is 2.37. The first-order valence-electron chi connectivity index (χ1n) is 14.8. The van der Waals surface area contributed by atoms with Crippen molar-refractivity contribution in [1.29, 1.82) is 0 Å². The van der Waals surface area contributed by atoms with Gasteiger partial charge in [-0.25, -0.2) is 9.97 Å². The van der Waals surface area contributed by atoms with Gasteiger partial charge < -0.3 is 4.42 Å². The minimum absolute atomic E-state index is 0.699. The van der Waals surface area contributed by atoms with Gasteiger partial charge in [0, 0.05) is 38.7 Å². The first kappa shape index (κ1) is 24.6. The molecule has 4 nitrogen and oxygen atoms in total. The summed E-state index contributed by atoms with van der Waals surface area (Å²) in [7, 11) is 0. The van der Waals surface area contributed by atoms with Crippen molar-refractivity contribution in [1.82, 2.24) is 14.5 Å². The fraction of sp³-hybridized carbons (Fsp3) is 0. The van der Waals surface area contributed by atoms with Crippen molar-refractivity contribution in [2.45, 2.75) is 0 Å². The molecule has 44 heavy (non-hydrogen) atoms. The monoisotopic (exact) mass is 563 g/mol. The normalized spacial score (nSPS) is 11.6. The Labute approximate surface area is 253 Å². The van der Waals surface area contributed by atoms with Crippen LogP contribution in [-0.4, -0.2) is 14.5 Å². The predicted octanol–water partition coefficient (Wildman–Crippen LogP) is 10.5. The van der Waals surface area contributed by atoms with E-state index in [1.807, 2.05) is 48.5 Å². The van der Waals surface area contributed by atoms with Gasteiger partial charge in [-0.2, -0.15) is 0 Å². The number of nitrogens with zero attached hydrogens (tertiary/aromatic N) is 3. The molecule has 0 amide bonds. The van der Waals surface area contributed by atoms with Gasteiger partial charge in [-0.1, -0.05) is 109 Å². The molecule has 3 heterocycles. The van der Waals surface area contributed by atoms with Crippen LogP contribution in [0.2, 0.25) is 0 Å². The first-order chi connectivity index (χ1) is 21.8. The lowest BCUT2D eigenvalue weighted by molar-refractivity contribution is 0.669. The van der Waals surface area contributed by atoms with Gasteiger partial charge in [0.25, 0.3) is 0 Å². The summed E-state index contributed by atoms with van der Waals surface area (Å²) in [5, 5.41) is 4.62. The summed E-state index contributed by atoms with van der Waals surface area (Å²) in [4.78, 5) is 10.2. The Morgan fingerprint density at radius 3 is 1.84 bits per heavy atom. The molecule has 0 aliphatic carbocycles. The molecule has 0 atom stereocenters. The molecule has 0 radical (unpaired) electrons. The quantitative estimate of drug-likeness (QED) is 0.214. The summed E-state index contributed by atoms with van der Waals surface area (Å²) in [6, 6.07) is 52.6. The maximum atomic E-state index is 6.09. The Hall–Kier alpha value is -6.00. The minimum Gasteiger partial charge on any atom is -0.456 e. The number of hydrogen-bond acceptors (Lipinski definition) is 3. The Morgan fingerprint density at radius 2 is 1.02 bits per heavy atom.